The van der Waals surface area contributed by atoms with Gasteiger partial charge in [-0.1, -0.05) is 0 Å². The number of nitrogens with one attached hydrogen (secondary N) is 1. The van der Waals surface area contributed by atoms with Gasteiger partial charge in [-0.25, -0.2) is 0 Å². The molecule has 2 rings (SSSR count). The summed E-state index contributed by atoms with van der Waals surface area (Å²) in [6.07, 6.45) is 5.13. The Morgan fingerprint density at radius 3 is 3.12 bits per heavy atom. The van der Waals surface area contributed by atoms with Crippen LogP contribution in [0.15, 0.2) is 35.2 Å². The molecule has 0 aliphatic carbocycles. The van der Waals surface area contributed by atoms with Crippen LogP contribution in [-0.2, 0) is 17.9 Å². The fourth-order valence-electron chi connectivity index (χ4n) is 1.36. The summed E-state index contributed by atoms with van der Waals surface area (Å²) in [5, 5.41) is 6.78. The maximum absolute atomic E-state index is 11.5. The smallest absolute Gasteiger partial charge is 0.242 e. The average Bonchev–Trinajstić information content (AvgIpc) is 2.87. The average molecular weight is 219 g/mol. The van der Waals surface area contributed by atoms with Crippen molar-refractivity contribution in [1.29, 1.82) is 0 Å². The lowest BCUT2D eigenvalue weighted by Gasteiger charge is -2.03. The van der Waals surface area contributed by atoms with Crippen molar-refractivity contribution >= 4 is 5.91 Å². The Kier molecular flexibility index (Phi) is 3.05. The van der Waals surface area contributed by atoms with Crippen LogP contribution in [0, 0.1) is 6.92 Å². The van der Waals surface area contributed by atoms with E-state index in [4.69, 9.17) is 4.42 Å². The molecule has 0 bridgehead atoms. The van der Waals surface area contributed by atoms with Gasteiger partial charge in [0.1, 0.15) is 12.3 Å². The first-order valence-corrected chi connectivity index (χ1v) is 5.02. The van der Waals surface area contributed by atoms with Crippen LogP contribution in [0.3, 0.4) is 0 Å². The molecule has 0 fully saturated rings. The zero-order valence-electron chi connectivity index (χ0n) is 9.01. The number of rotatable bonds is 4. The van der Waals surface area contributed by atoms with E-state index in [-0.39, 0.29) is 12.5 Å². The monoisotopic (exact) mass is 219 g/mol. The number of hydrogen-bond acceptors (Lipinski definition) is 3. The number of carbonyl (C=O) groups is 1. The molecule has 0 aromatic carbocycles. The molecule has 0 spiro atoms. The van der Waals surface area contributed by atoms with Crippen LogP contribution in [-0.4, -0.2) is 15.7 Å². The molecule has 16 heavy (non-hydrogen) atoms. The van der Waals surface area contributed by atoms with Gasteiger partial charge < -0.3 is 9.73 Å². The number of carbonyl (C=O) groups excluding carboxylic acids is 1. The molecule has 5 nitrogen and oxygen atoms in total. The van der Waals surface area contributed by atoms with Crippen molar-refractivity contribution in [2.75, 3.05) is 0 Å². The highest BCUT2D eigenvalue weighted by molar-refractivity contribution is 5.75. The molecule has 0 radical (unpaired) electrons. The number of furan rings is 1. The maximum Gasteiger partial charge on any atom is 0.242 e. The number of hydrogen-bond donors (Lipinski definition) is 1. The lowest BCUT2D eigenvalue weighted by molar-refractivity contribution is -0.122. The molecule has 84 valence electrons. The summed E-state index contributed by atoms with van der Waals surface area (Å²) in [5.74, 6) is 0.657. The van der Waals surface area contributed by atoms with Gasteiger partial charge in [0.2, 0.25) is 5.91 Å². The van der Waals surface area contributed by atoms with Gasteiger partial charge in [0.05, 0.1) is 19.0 Å². The summed E-state index contributed by atoms with van der Waals surface area (Å²) in [6.45, 7) is 2.57. The third kappa shape index (κ3) is 2.73. The van der Waals surface area contributed by atoms with Gasteiger partial charge in [-0.05, 0) is 24.6 Å². The fraction of sp³-hybridized carbons (Fsp3) is 0.273. The molecular weight excluding hydrogens is 206 g/mol. The van der Waals surface area contributed by atoms with E-state index < -0.39 is 0 Å². The summed E-state index contributed by atoms with van der Waals surface area (Å²) in [7, 11) is 0. The lowest BCUT2D eigenvalue weighted by Crippen LogP contribution is -2.27. The summed E-state index contributed by atoms with van der Waals surface area (Å²) < 4.78 is 6.71. The van der Waals surface area contributed by atoms with E-state index in [1.54, 1.807) is 23.2 Å². The summed E-state index contributed by atoms with van der Waals surface area (Å²) in [5.41, 5.74) is 1.04. The Balaban J connectivity index is 1.81. The highest BCUT2D eigenvalue weighted by Crippen LogP contribution is 1.99. The number of aromatic nitrogens is 2. The zero-order chi connectivity index (χ0) is 11.4. The van der Waals surface area contributed by atoms with E-state index in [2.05, 4.69) is 10.4 Å². The quantitative estimate of drug-likeness (QED) is 0.837. The van der Waals surface area contributed by atoms with Crippen LogP contribution in [0.5, 0.6) is 0 Å². The molecule has 2 aromatic rings. The molecule has 1 amide bonds. The summed E-state index contributed by atoms with van der Waals surface area (Å²) in [6, 6.07) is 3.61. The molecule has 1 N–H and O–H groups in total. The van der Waals surface area contributed by atoms with E-state index in [0.29, 0.717) is 6.54 Å². The van der Waals surface area contributed by atoms with Gasteiger partial charge in [-0.3, -0.25) is 9.48 Å². The van der Waals surface area contributed by atoms with Crippen LogP contribution in [0.2, 0.25) is 0 Å². The highest BCUT2D eigenvalue weighted by Gasteiger charge is 2.04. The van der Waals surface area contributed by atoms with Crippen LogP contribution < -0.4 is 5.32 Å². The summed E-state index contributed by atoms with van der Waals surface area (Å²) >= 11 is 0. The first-order valence-electron chi connectivity index (χ1n) is 5.02. The molecule has 0 saturated heterocycles. The normalized spacial score (nSPS) is 10.3. The molecule has 2 heterocycles. The second-order valence-electron chi connectivity index (χ2n) is 3.57. The Morgan fingerprint density at radius 1 is 1.62 bits per heavy atom. The van der Waals surface area contributed by atoms with Crippen LogP contribution in [0.1, 0.15) is 11.3 Å². The molecule has 0 aliphatic rings. The zero-order valence-corrected chi connectivity index (χ0v) is 9.01. The SMILES string of the molecule is Cc1cnn(CC(=O)NCc2ccco2)c1. The van der Waals surface area contributed by atoms with Crippen LogP contribution in [0.25, 0.3) is 0 Å². The Labute approximate surface area is 93.1 Å². The Hall–Kier alpha value is -2.04. The fourth-order valence-corrected chi connectivity index (χ4v) is 1.36. The number of amides is 1. The Bertz CT molecular complexity index is 459. The minimum absolute atomic E-state index is 0.0838. The van der Waals surface area contributed by atoms with Crippen molar-refractivity contribution in [3.63, 3.8) is 0 Å². The van der Waals surface area contributed by atoms with E-state index >= 15 is 0 Å². The number of aryl methyl sites for hydroxylation is 1. The third-order valence-corrected chi connectivity index (χ3v) is 2.11. The van der Waals surface area contributed by atoms with Gasteiger partial charge in [0.25, 0.3) is 0 Å². The minimum Gasteiger partial charge on any atom is -0.467 e. The van der Waals surface area contributed by atoms with Gasteiger partial charge >= 0.3 is 0 Å². The van der Waals surface area contributed by atoms with E-state index in [1.807, 2.05) is 19.2 Å². The van der Waals surface area contributed by atoms with Crippen molar-refractivity contribution in [3.05, 3.63) is 42.1 Å². The predicted octanol–water partition coefficient (Wildman–Crippen LogP) is 1.10. The topological polar surface area (TPSA) is 60.1 Å². The molecule has 0 atom stereocenters. The van der Waals surface area contributed by atoms with Crippen molar-refractivity contribution in [2.24, 2.45) is 0 Å². The van der Waals surface area contributed by atoms with E-state index in [1.165, 1.54) is 0 Å². The second kappa shape index (κ2) is 4.65. The molecule has 5 heteroatoms. The first kappa shape index (κ1) is 10.5. The molecule has 0 aliphatic heterocycles. The molecule has 0 saturated carbocycles. The van der Waals surface area contributed by atoms with Crippen molar-refractivity contribution in [2.45, 2.75) is 20.0 Å². The predicted molar refractivity (Wildman–Crippen MR) is 57.5 cm³/mol. The molecule has 2 aromatic heterocycles. The highest BCUT2D eigenvalue weighted by atomic mass is 16.3. The van der Waals surface area contributed by atoms with Crippen molar-refractivity contribution in [3.8, 4) is 0 Å². The van der Waals surface area contributed by atoms with Crippen LogP contribution in [0.4, 0.5) is 0 Å². The van der Waals surface area contributed by atoms with Gasteiger partial charge in [-0.2, -0.15) is 5.10 Å². The van der Waals surface area contributed by atoms with E-state index in [9.17, 15) is 4.79 Å². The summed E-state index contributed by atoms with van der Waals surface area (Å²) in [4.78, 5) is 11.5. The van der Waals surface area contributed by atoms with Gasteiger partial charge in [-0.15, -0.1) is 0 Å². The largest absolute Gasteiger partial charge is 0.467 e. The minimum atomic E-state index is -0.0838. The van der Waals surface area contributed by atoms with Crippen LogP contribution >= 0.6 is 0 Å². The molecule has 0 unspecified atom stereocenters. The van der Waals surface area contributed by atoms with Crippen molar-refractivity contribution in [1.82, 2.24) is 15.1 Å². The second-order valence-corrected chi connectivity index (χ2v) is 3.57. The van der Waals surface area contributed by atoms with E-state index in [0.717, 1.165) is 11.3 Å². The van der Waals surface area contributed by atoms with Crippen molar-refractivity contribution < 1.29 is 9.21 Å². The van der Waals surface area contributed by atoms with Gasteiger partial charge in [0.15, 0.2) is 0 Å². The maximum atomic E-state index is 11.5. The lowest BCUT2D eigenvalue weighted by atomic mass is 10.4. The van der Waals surface area contributed by atoms with Gasteiger partial charge in [0, 0.05) is 6.20 Å². The molecular formula is C11H13N3O2. The third-order valence-electron chi connectivity index (χ3n) is 2.11. The number of nitrogens with zero attached hydrogens (tertiary/aromatic N) is 2. The standard InChI is InChI=1S/C11H13N3O2/c1-9-5-13-14(7-9)8-11(15)12-6-10-3-2-4-16-10/h2-5,7H,6,8H2,1H3,(H,12,15). The Morgan fingerprint density at radius 2 is 2.50 bits per heavy atom. The first-order chi connectivity index (χ1) is 7.74.